The molecule has 4 aromatic heterocycles. The van der Waals surface area contributed by atoms with Crippen LogP contribution in [0.4, 0.5) is 11.6 Å². The number of benzene rings is 4. The third-order valence-corrected chi connectivity index (χ3v) is 12.1. The number of nitrogen functional groups attached to an aromatic ring is 1. The molecular formula is C45H33Cl9N6O3. The molecule has 0 fully saturated rings. The van der Waals surface area contributed by atoms with Crippen LogP contribution >= 0.6 is 104 Å². The van der Waals surface area contributed by atoms with Gasteiger partial charge in [0.15, 0.2) is 6.29 Å². The van der Waals surface area contributed by atoms with Crippen molar-refractivity contribution in [3.63, 3.8) is 0 Å². The number of carbonyl (C=O) groups excluding carboxylic acids is 1. The number of aldehydes is 1. The van der Waals surface area contributed by atoms with Gasteiger partial charge in [0.05, 0.1) is 52.6 Å². The van der Waals surface area contributed by atoms with E-state index in [9.17, 15) is 15.0 Å². The molecule has 0 amide bonds. The Hall–Kier alpha value is -4.52. The average Bonchev–Trinajstić information content (AvgIpc) is 3.25. The number of phenols is 2. The highest BCUT2D eigenvalue weighted by atomic mass is 35.5. The number of phenolic OH excluding ortho intramolecular Hbond substituents is 2. The second-order valence-electron chi connectivity index (χ2n) is 13.4. The summed E-state index contributed by atoms with van der Waals surface area (Å²) in [5.41, 5.74) is 10.2. The Labute approximate surface area is 407 Å². The second-order valence-corrected chi connectivity index (χ2v) is 17.0. The van der Waals surface area contributed by atoms with E-state index in [-0.39, 0.29) is 16.5 Å². The largest absolute Gasteiger partial charge is 0.506 e. The number of nitrogens with two attached hydrogens (primary N) is 1. The minimum Gasteiger partial charge on any atom is -0.506 e. The van der Waals surface area contributed by atoms with Crippen LogP contribution in [0.2, 0.25) is 45.2 Å². The fourth-order valence-electron chi connectivity index (χ4n) is 5.77. The lowest BCUT2D eigenvalue weighted by Crippen LogP contribution is -2.16. The lowest BCUT2D eigenvalue weighted by atomic mass is 9.96. The van der Waals surface area contributed by atoms with E-state index in [0.717, 1.165) is 16.3 Å². The van der Waals surface area contributed by atoms with E-state index in [0.29, 0.717) is 97.2 Å². The van der Waals surface area contributed by atoms with Crippen molar-refractivity contribution in [2.24, 2.45) is 0 Å². The predicted octanol–water partition coefficient (Wildman–Crippen LogP) is 15.4. The maximum absolute atomic E-state index is 11.1. The lowest BCUT2D eigenvalue weighted by molar-refractivity contribution is 0.112. The number of halogens is 9. The molecule has 0 bridgehead atoms. The van der Waals surface area contributed by atoms with Gasteiger partial charge in [-0.2, -0.15) is 0 Å². The van der Waals surface area contributed by atoms with Gasteiger partial charge in [-0.05, 0) is 80.9 Å². The van der Waals surface area contributed by atoms with E-state index in [2.05, 4.69) is 25.3 Å². The second kappa shape index (κ2) is 22.4. The summed E-state index contributed by atoms with van der Waals surface area (Å²) in [5.74, 6) is 1.19. The van der Waals surface area contributed by atoms with E-state index < -0.39 is 6.04 Å². The van der Waals surface area contributed by atoms with Gasteiger partial charge in [-0.15, -0.1) is 0 Å². The Morgan fingerprint density at radius 1 is 0.603 bits per heavy atom. The molecule has 0 aliphatic rings. The number of aryl methyl sites for hydroxylation is 3. The van der Waals surface area contributed by atoms with Crippen LogP contribution in [0.15, 0.2) is 103 Å². The normalized spacial score (nSPS) is 11.0. The first-order chi connectivity index (χ1) is 29.9. The first-order valence-electron chi connectivity index (χ1n) is 18.2. The molecule has 0 radical (unpaired) electrons. The molecule has 324 valence electrons. The molecular weight excluding hydrogens is 992 g/mol. The van der Waals surface area contributed by atoms with Crippen molar-refractivity contribution in [1.82, 2.24) is 19.9 Å². The van der Waals surface area contributed by atoms with Gasteiger partial charge in [0.25, 0.3) is 0 Å². The number of aromatic nitrogens is 4. The molecule has 1 unspecified atom stereocenters. The van der Waals surface area contributed by atoms with Crippen LogP contribution in [0, 0.1) is 20.8 Å². The van der Waals surface area contributed by atoms with E-state index in [1.54, 1.807) is 49.6 Å². The van der Waals surface area contributed by atoms with Gasteiger partial charge in [0.2, 0.25) is 0 Å². The molecule has 63 heavy (non-hydrogen) atoms. The maximum Gasteiger partial charge on any atom is 0.151 e. The molecule has 0 spiro atoms. The third-order valence-electron chi connectivity index (χ3n) is 8.94. The van der Waals surface area contributed by atoms with Crippen LogP contribution in [0.1, 0.15) is 44.5 Å². The van der Waals surface area contributed by atoms with E-state index >= 15 is 0 Å². The van der Waals surface area contributed by atoms with Crippen LogP contribution in [-0.2, 0) is 0 Å². The first kappa shape index (κ1) is 49.5. The molecule has 0 aliphatic heterocycles. The van der Waals surface area contributed by atoms with Crippen molar-refractivity contribution in [2.45, 2.75) is 26.8 Å². The molecule has 9 nitrogen and oxygen atoms in total. The van der Waals surface area contributed by atoms with Crippen LogP contribution in [-0.4, -0.2) is 36.4 Å². The zero-order valence-electron chi connectivity index (χ0n) is 33.0. The molecule has 0 saturated heterocycles. The van der Waals surface area contributed by atoms with Gasteiger partial charge in [0, 0.05) is 49.9 Å². The van der Waals surface area contributed by atoms with Gasteiger partial charge >= 0.3 is 0 Å². The molecule has 8 aromatic rings. The van der Waals surface area contributed by atoms with Gasteiger partial charge in [0.1, 0.15) is 34.2 Å². The van der Waals surface area contributed by atoms with E-state index in [1.165, 1.54) is 12.1 Å². The Morgan fingerprint density at radius 3 is 1.81 bits per heavy atom. The number of fused-ring (bicyclic) bond motifs is 2. The SMILES string of the molecule is Cc1cc(Cl)c(C)nc1NC(c1cc(Cl)cc(Cl)c1Cl)c1ccc2cccnc2c1O.Cc1nc(N)c(Cl)cc1Cl.O=Cc1cc(Cl)cc(Cl)c1Cl.Oc1cccc2cccnc12. The fraction of sp³-hybridized carbons (Fsp3) is 0.0889. The smallest absolute Gasteiger partial charge is 0.151 e. The van der Waals surface area contributed by atoms with Crippen LogP contribution in [0.5, 0.6) is 11.5 Å². The minimum absolute atomic E-state index is 0.0334. The zero-order valence-corrected chi connectivity index (χ0v) is 39.8. The number of nitrogens with one attached hydrogen (secondary N) is 1. The molecule has 4 heterocycles. The third kappa shape index (κ3) is 12.6. The Morgan fingerprint density at radius 2 is 1.17 bits per heavy atom. The van der Waals surface area contributed by atoms with E-state index in [4.69, 9.17) is 110 Å². The van der Waals surface area contributed by atoms with Gasteiger partial charge in [-0.3, -0.25) is 14.8 Å². The Balaban J connectivity index is 0.000000189. The molecule has 0 saturated carbocycles. The summed E-state index contributed by atoms with van der Waals surface area (Å²) in [4.78, 5) is 27.2. The Kier molecular flexibility index (Phi) is 17.6. The topological polar surface area (TPSA) is 147 Å². The van der Waals surface area contributed by atoms with Crippen LogP contribution in [0.3, 0.4) is 0 Å². The minimum atomic E-state index is -0.609. The van der Waals surface area contributed by atoms with Crippen molar-refractivity contribution in [2.75, 3.05) is 11.1 Å². The monoisotopic (exact) mass is 1020 g/mol. The maximum atomic E-state index is 11.1. The number of pyridine rings is 4. The van der Waals surface area contributed by atoms with Crippen molar-refractivity contribution >= 4 is 144 Å². The summed E-state index contributed by atoms with van der Waals surface area (Å²) in [6.07, 6.45) is 3.91. The molecule has 18 heteroatoms. The van der Waals surface area contributed by atoms with Crippen molar-refractivity contribution in [3.05, 3.63) is 182 Å². The summed E-state index contributed by atoms with van der Waals surface area (Å²) in [5, 5.41) is 29.1. The molecule has 4 aromatic carbocycles. The predicted molar refractivity (Wildman–Crippen MR) is 263 cm³/mol. The first-order valence-corrected chi connectivity index (χ1v) is 21.6. The van der Waals surface area contributed by atoms with Crippen molar-refractivity contribution in [3.8, 4) is 11.5 Å². The number of nitrogens with zero attached hydrogens (tertiary/aromatic N) is 4. The van der Waals surface area contributed by atoms with Gasteiger partial charge in [-0.1, -0.05) is 141 Å². The van der Waals surface area contributed by atoms with Crippen molar-refractivity contribution < 1.29 is 15.0 Å². The van der Waals surface area contributed by atoms with Crippen LogP contribution < -0.4 is 11.1 Å². The summed E-state index contributed by atoms with van der Waals surface area (Å²) >= 11 is 53.6. The van der Waals surface area contributed by atoms with E-state index in [1.807, 2.05) is 62.4 Å². The number of rotatable bonds is 5. The number of anilines is 2. The summed E-state index contributed by atoms with van der Waals surface area (Å²) in [6.45, 7) is 5.49. The van der Waals surface area contributed by atoms with Crippen LogP contribution in [0.25, 0.3) is 21.8 Å². The zero-order chi connectivity index (χ0) is 46.1. The highest BCUT2D eigenvalue weighted by Crippen LogP contribution is 2.42. The van der Waals surface area contributed by atoms with Gasteiger partial charge < -0.3 is 21.3 Å². The number of aromatic hydroxyl groups is 2. The molecule has 5 N–H and O–H groups in total. The Bertz CT molecular complexity index is 2900. The quantitative estimate of drug-likeness (QED) is 0.0977. The lowest BCUT2D eigenvalue weighted by Gasteiger charge is -2.24. The number of para-hydroxylation sites is 1. The number of hydrogen-bond donors (Lipinski definition) is 4. The number of hydrogen-bond acceptors (Lipinski definition) is 9. The standard InChI is InChI=1S/C23H17Cl4N3O.C9H7NO.C7H3Cl3O.C6H6Cl2N2/c1-11-8-17(25)12(2)29-23(11)30-21(16-9-14(24)10-18(26)19(16)27)15-6-5-13-4-3-7-28-20(13)22(15)31;11-8-5-1-3-7-4-2-6-10-9(7)8;8-5-1-4(3-11)7(10)6(9)2-5;1-3-4(7)2-5(8)6(9)10-3/h3-10,21,31H,1-2H3,(H,29,30);1-6,11H;1-3H;2H,1H3,(H2,9,10). The molecule has 8 rings (SSSR count). The summed E-state index contributed by atoms with van der Waals surface area (Å²) in [7, 11) is 0. The highest BCUT2D eigenvalue weighted by Gasteiger charge is 2.25. The summed E-state index contributed by atoms with van der Waals surface area (Å²) < 4.78 is 0. The summed E-state index contributed by atoms with van der Waals surface area (Å²) in [6, 6.07) is 25.6. The molecule has 1 atom stereocenters. The van der Waals surface area contributed by atoms with Crippen molar-refractivity contribution in [1.29, 1.82) is 0 Å². The molecule has 0 aliphatic carbocycles. The number of carbonyl (C=O) groups is 1. The highest BCUT2D eigenvalue weighted by molar-refractivity contribution is 6.45. The average molecular weight is 1020 g/mol. The van der Waals surface area contributed by atoms with Gasteiger partial charge in [-0.25, -0.2) is 9.97 Å². The fourth-order valence-corrected chi connectivity index (χ4v) is 7.72.